The Morgan fingerprint density at radius 2 is 1.62 bits per heavy atom. The van der Waals surface area contributed by atoms with Crippen molar-refractivity contribution in [1.29, 1.82) is 0 Å². The number of hydrogen-bond donors (Lipinski definition) is 1. The van der Waals surface area contributed by atoms with E-state index in [-0.39, 0.29) is 16.8 Å². The minimum Gasteiger partial charge on any atom is -0.325 e. The van der Waals surface area contributed by atoms with Gasteiger partial charge in [-0.3, -0.25) is 14.9 Å². The molecule has 24 heavy (non-hydrogen) atoms. The molecule has 0 aliphatic rings. The summed E-state index contributed by atoms with van der Waals surface area (Å²) in [4.78, 5) is 23.3. The second kappa shape index (κ2) is 7.97. The van der Waals surface area contributed by atoms with Gasteiger partial charge in [0.05, 0.1) is 10.2 Å². The number of anilines is 1. The SMILES string of the molecule is CC(C)c1ccc(NC(=O)[C@H](C)Sc2ccc([N+](=O)[O-])cc2)cc1. The van der Waals surface area contributed by atoms with Crippen LogP contribution in [0.5, 0.6) is 0 Å². The molecule has 0 heterocycles. The first-order chi connectivity index (χ1) is 11.4. The number of amides is 1. The first kappa shape index (κ1) is 18.0. The molecule has 2 rings (SSSR count). The van der Waals surface area contributed by atoms with E-state index >= 15 is 0 Å². The van der Waals surface area contributed by atoms with Gasteiger partial charge in [-0.2, -0.15) is 0 Å². The Labute approximate surface area is 145 Å². The minimum atomic E-state index is -0.439. The maximum atomic E-state index is 12.3. The molecule has 0 radical (unpaired) electrons. The number of carbonyl (C=O) groups excluding carboxylic acids is 1. The van der Waals surface area contributed by atoms with E-state index in [0.29, 0.717) is 5.92 Å². The van der Waals surface area contributed by atoms with E-state index in [1.165, 1.54) is 29.5 Å². The van der Waals surface area contributed by atoms with Gasteiger partial charge in [-0.05, 0) is 42.7 Å². The van der Waals surface area contributed by atoms with Crippen molar-refractivity contribution in [2.45, 2.75) is 36.8 Å². The molecule has 1 N–H and O–H groups in total. The highest BCUT2D eigenvalue weighted by Gasteiger charge is 2.15. The van der Waals surface area contributed by atoms with Crippen LogP contribution in [-0.4, -0.2) is 16.1 Å². The van der Waals surface area contributed by atoms with Crippen molar-refractivity contribution < 1.29 is 9.72 Å². The van der Waals surface area contributed by atoms with Crippen molar-refractivity contribution in [3.8, 4) is 0 Å². The minimum absolute atomic E-state index is 0.0432. The monoisotopic (exact) mass is 344 g/mol. The Morgan fingerprint density at radius 1 is 1.04 bits per heavy atom. The number of rotatable bonds is 6. The van der Waals surface area contributed by atoms with Gasteiger partial charge in [0.25, 0.3) is 5.69 Å². The molecule has 2 aromatic rings. The zero-order chi connectivity index (χ0) is 17.7. The van der Waals surface area contributed by atoms with Crippen molar-refractivity contribution in [3.63, 3.8) is 0 Å². The van der Waals surface area contributed by atoms with Gasteiger partial charge in [0, 0.05) is 22.7 Å². The summed E-state index contributed by atoms with van der Waals surface area (Å²) in [6, 6.07) is 14.0. The number of carbonyl (C=O) groups is 1. The lowest BCUT2D eigenvalue weighted by molar-refractivity contribution is -0.384. The summed E-state index contributed by atoms with van der Waals surface area (Å²) in [5.41, 5.74) is 2.03. The van der Waals surface area contributed by atoms with Crippen LogP contribution in [0, 0.1) is 10.1 Å². The van der Waals surface area contributed by atoms with Gasteiger partial charge >= 0.3 is 0 Å². The predicted molar refractivity (Wildman–Crippen MR) is 97.6 cm³/mol. The van der Waals surface area contributed by atoms with E-state index in [0.717, 1.165) is 10.6 Å². The van der Waals surface area contributed by atoms with E-state index < -0.39 is 4.92 Å². The maximum absolute atomic E-state index is 12.3. The number of nitro benzene ring substituents is 1. The molecule has 0 bridgehead atoms. The second-order valence-corrected chi connectivity index (χ2v) is 7.19. The zero-order valence-corrected chi connectivity index (χ0v) is 14.7. The molecule has 0 aliphatic heterocycles. The molecular formula is C18H20N2O3S. The second-order valence-electron chi connectivity index (χ2n) is 5.78. The highest BCUT2D eigenvalue weighted by molar-refractivity contribution is 8.00. The molecule has 0 aromatic heterocycles. The molecular weight excluding hydrogens is 324 g/mol. The smallest absolute Gasteiger partial charge is 0.269 e. The number of nitro groups is 1. The fourth-order valence-corrected chi connectivity index (χ4v) is 2.97. The molecule has 5 nitrogen and oxygen atoms in total. The average Bonchev–Trinajstić information content (AvgIpc) is 2.55. The third-order valence-corrected chi connectivity index (χ3v) is 4.69. The Bertz CT molecular complexity index is 712. The fraction of sp³-hybridized carbons (Fsp3) is 0.278. The molecule has 1 amide bonds. The van der Waals surface area contributed by atoms with Crippen LogP contribution in [0.25, 0.3) is 0 Å². The molecule has 2 aromatic carbocycles. The van der Waals surface area contributed by atoms with Gasteiger partial charge in [-0.25, -0.2) is 0 Å². The van der Waals surface area contributed by atoms with Crippen LogP contribution in [0.3, 0.4) is 0 Å². The lowest BCUT2D eigenvalue weighted by atomic mass is 10.0. The number of thioether (sulfide) groups is 1. The van der Waals surface area contributed by atoms with Crippen LogP contribution < -0.4 is 5.32 Å². The topological polar surface area (TPSA) is 72.2 Å². The van der Waals surface area contributed by atoms with Crippen LogP contribution in [-0.2, 0) is 4.79 Å². The van der Waals surface area contributed by atoms with Crippen LogP contribution in [0.4, 0.5) is 11.4 Å². The zero-order valence-electron chi connectivity index (χ0n) is 13.9. The number of benzene rings is 2. The molecule has 0 unspecified atom stereocenters. The van der Waals surface area contributed by atoms with E-state index in [1.54, 1.807) is 12.1 Å². The Kier molecular flexibility index (Phi) is 5.98. The molecule has 0 fully saturated rings. The number of hydrogen-bond acceptors (Lipinski definition) is 4. The highest BCUT2D eigenvalue weighted by atomic mass is 32.2. The lowest BCUT2D eigenvalue weighted by Gasteiger charge is -2.13. The largest absolute Gasteiger partial charge is 0.325 e. The number of non-ortho nitro benzene ring substituents is 1. The first-order valence-electron chi connectivity index (χ1n) is 7.68. The lowest BCUT2D eigenvalue weighted by Crippen LogP contribution is -2.22. The highest BCUT2D eigenvalue weighted by Crippen LogP contribution is 2.26. The third kappa shape index (κ3) is 4.83. The van der Waals surface area contributed by atoms with Crippen molar-refractivity contribution >= 4 is 29.0 Å². The van der Waals surface area contributed by atoms with E-state index in [2.05, 4.69) is 19.2 Å². The summed E-state index contributed by atoms with van der Waals surface area (Å²) in [5.74, 6) is 0.349. The number of nitrogens with zero attached hydrogens (tertiary/aromatic N) is 1. The van der Waals surface area contributed by atoms with E-state index in [4.69, 9.17) is 0 Å². The maximum Gasteiger partial charge on any atom is 0.269 e. The molecule has 6 heteroatoms. The molecule has 0 spiro atoms. The van der Waals surface area contributed by atoms with Crippen LogP contribution in [0.1, 0.15) is 32.3 Å². The quantitative estimate of drug-likeness (QED) is 0.462. The summed E-state index contributed by atoms with van der Waals surface area (Å²) < 4.78 is 0. The third-order valence-electron chi connectivity index (χ3n) is 3.57. The van der Waals surface area contributed by atoms with Gasteiger partial charge in [0.15, 0.2) is 0 Å². The Morgan fingerprint density at radius 3 is 2.12 bits per heavy atom. The van der Waals surface area contributed by atoms with Gasteiger partial charge in [0.1, 0.15) is 0 Å². The summed E-state index contributed by atoms with van der Waals surface area (Å²) in [6.07, 6.45) is 0. The number of nitrogens with one attached hydrogen (secondary N) is 1. The first-order valence-corrected chi connectivity index (χ1v) is 8.56. The van der Waals surface area contributed by atoms with Gasteiger partial charge in [-0.15, -0.1) is 11.8 Å². The Balaban J connectivity index is 1.95. The molecule has 0 aliphatic carbocycles. The molecule has 0 saturated heterocycles. The average molecular weight is 344 g/mol. The standard InChI is InChI=1S/C18H20N2O3S/c1-12(2)14-4-6-15(7-5-14)19-18(21)13(3)24-17-10-8-16(9-11-17)20(22)23/h4-13H,1-3H3,(H,19,21)/t13-/m0/s1. The van der Waals surface area contributed by atoms with Gasteiger partial charge in [-0.1, -0.05) is 26.0 Å². The van der Waals surface area contributed by atoms with E-state index in [9.17, 15) is 14.9 Å². The van der Waals surface area contributed by atoms with Crippen molar-refractivity contribution in [1.82, 2.24) is 0 Å². The predicted octanol–water partition coefficient (Wildman–Crippen LogP) is 4.84. The summed E-state index contributed by atoms with van der Waals surface area (Å²) in [7, 11) is 0. The van der Waals surface area contributed by atoms with Gasteiger partial charge < -0.3 is 5.32 Å². The fourth-order valence-electron chi connectivity index (χ4n) is 2.10. The van der Waals surface area contributed by atoms with Crippen LogP contribution in [0.15, 0.2) is 53.4 Å². The van der Waals surface area contributed by atoms with Crippen LogP contribution in [0.2, 0.25) is 0 Å². The van der Waals surface area contributed by atoms with Gasteiger partial charge in [0.2, 0.25) is 5.91 Å². The molecule has 126 valence electrons. The Hall–Kier alpha value is -2.34. The van der Waals surface area contributed by atoms with E-state index in [1.807, 2.05) is 31.2 Å². The normalized spacial score (nSPS) is 12.0. The summed E-state index contributed by atoms with van der Waals surface area (Å²) >= 11 is 1.36. The summed E-state index contributed by atoms with van der Waals surface area (Å²) in [6.45, 7) is 6.05. The van der Waals surface area contributed by atoms with Crippen molar-refractivity contribution in [2.75, 3.05) is 5.32 Å². The molecule has 0 saturated carbocycles. The summed E-state index contributed by atoms with van der Waals surface area (Å²) in [5, 5.41) is 13.2. The molecule has 1 atom stereocenters. The van der Waals surface area contributed by atoms with Crippen molar-refractivity contribution in [2.24, 2.45) is 0 Å². The van der Waals surface area contributed by atoms with Crippen molar-refractivity contribution in [3.05, 3.63) is 64.2 Å². The van der Waals surface area contributed by atoms with Crippen LogP contribution >= 0.6 is 11.8 Å².